The van der Waals surface area contributed by atoms with Gasteiger partial charge in [0.25, 0.3) is 0 Å². The lowest BCUT2D eigenvalue weighted by Gasteiger charge is -2.14. The van der Waals surface area contributed by atoms with Gasteiger partial charge in [0.1, 0.15) is 0 Å². The number of pyridine rings is 1. The molecule has 7 nitrogen and oxygen atoms in total. The van der Waals surface area contributed by atoms with Crippen LogP contribution in [-0.2, 0) is 16.4 Å². The molecule has 0 atom stereocenters. The third-order valence-electron chi connectivity index (χ3n) is 5.58. The SMILES string of the molecule is CCCn1ccc2ccc(-c3cc(Nc4cnccc4S(C)(=O)=O)cc4nccnc34)cc21. The number of nitrogens with zero attached hydrogens (tertiary/aromatic N) is 4. The zero-order valence-electron chi connectivity index (χ0n) is 18.4. The Bertz CT molecular complexity index is 1590. The van der Waals surface area contributed by atoms with E-state index in [1.165, 1.54) is 30.1 Å². The lowest BCUT2D eigenvalue weighted by molar-refractivity contribution is 0.602. The summed E-state index contributed by atoms with van der Waals surface area (Å²) in [5, 5.41) is 4.42. The van der Waals surface area contributed by atoms with Gasteiger partial charge in [0, 0.05) is 54.4 Å². The average molecular weight is 458 g/mol. The van der Waals surface area contributed by atoms with E-state index in [1.807, 2.05) is 12.1 Å². The smallest absolute Gasteiger partial charge is 0.177 e. The van der Waals surface area contributed by atoms with Crippen LogP contribution in [0.5, 0.6) is 0 Å². The summed E-state index contributed by atoms with van der Waals surface area (Å²) in [5.41, 5.74) is 5.72. The zero-order valence-corrected chi connectivity index (χ0v) is 19.2. The Labute approximate surface area is 192 Å². The highest BCUT2D eigenvalue weighted by Gasteiger charge is 2.15. The normalized spacial score (nSPS) is 11.8. The largest absolute Gasteiger partial charge is 0.353 e. The molecule has 0 amide bonds. The van der Waals surface area contributed by atoms with Crippen molar-refractivity contribution in [3.8, 4) is 11.1 Å². The number of rotatable bonds is 6. The molecule has 0 spiro atoms. The summed E-state index contributed by atoms with van der Waals surface area (Å²) in [6.07, 6.45) is 10.7. The van der Waals surface area contributed by atoms with Crippen LogP contribution in [0.4, 0.5) is 11.4 Å². The third-order valence-corrected chi connectivity index (χ3v) is 6.74. The van der Waals surface area contributed by atoms with Gasteiger partial charge < -0.3 is 9.88 Å². The molecule has 0 aliphatic heterocycles. The van der Waals surface area contributed by atoms with Gasteiger partial charge in [0.2, 0.25) is 0 Å². The molecule has 0 fully saturated rings. The van der Waals surface area contributed by atoms with Crippen LogP contribution in [-0.4, -0.2) is 34.2 Å². The van der Waals surface area contributed by atoms with Gasteiger partial charge in [0.15, 0.2) is 9.84 Å². The minimum Gasteiger partial charge on any atom is -0.353 e. The van der Waals surface area contributed by atoms with E-state index in [1.54, 1.807) is 12.4 Å². The predicted molar refractivity (Wildman–Crippen MR) is 131 cm³/mol. The van der Waals surface area contributed by atoms with Crippen molar-refractivity contribution < 1.29 is 8.42 Å². The van der Waals surface area contributed by atoms with Gasteiger partial charge in [-0.15, -0.1) is 0 Å². The van der Waals surface area contributed by atoms with E-state index in [2.05, 4.69) is 62.2 Å². The molecule has 0 saturated carbocycles. The molecule has 1 N–H and O–H groups in total. The molecule has 5 rings (SSSR count). The Balaban J connectivity index is 1.67. The lowest BCUT2D eigenvalue weighted by Crippen LogP contribution is -2.03. The van der Waals surface area contributed by atoms with E-state index >= 15 is 0 Å². The van der Waals surface area contributed by atoms with Crippen molar-refractivity contribution in [2.75, 3.05) is 11.6 Å². The van der Waals surface area contributed by atoms with Crippen LogP contribution < -0.4 is 5.32 Å². The number of anilines is 2. The van der Waals surface area contributed by atoms with E-state index < -0.39 is 9.84 Å². The van der Waals surface area contributed by atoms with Crippen LogP contribution in [0.2, 0.25) is 0 Å². The molecule has 8 heteroatoms. The number of nitrogens with one attached hydrogen (secondary N) is 1. The second-order valence-electron chi connectivity index (χ2n) is 8.00. The maximum absolute atomic E-state index is 12.2. The molecule has 2 aromatic carbocycles. The van der Waals surface area contributed by atoms with Crippen molar-refractivity contribution in [1.82, 2.24) is 19.5 Å². The monoisotopic (exact) mass is 457 g/mol. The number of sulfone groups is 1. The van der Waals surface area contributed by atoms with E-state index in [4.69, 9.17) is 0 Å². The summed E-state index contributed by atoms with van der Waals surface area (Å²) in [5.74, 6) is 0. The summed E-state index contributed by atoms with van der Waals surface area (Å²) >= 11 is 0. The number of fused-ring (bicyclic) bond motifs is 2. The molecule has 0 aliphatic carbocycles. The van der Waals surface area contributed by atoms with Crippen molar-refractivity contribution >= 4 is 43.1 Å². The molecule has 3 aromatic heterocycles. The van der Waals surface area contributed by atoms with Crippen LogP contribution in [0.3, 0.4) is 0 Å². The molecule has 0 aliphatic rings. The number of hydrogen-bond acceptors (Lipinski definition) is 6. The molecule has 0 saturated heterocycles. The molecular formula is C25H23N5O2S. The number of benzene rings is 2. The van der Waals surface area contributed by atoms with Crippen LogP contribution in [0.1, 0.15) is 13.3 Å². The van der Waals surface area contributed by atoms with E-state index in [9.17, 15) is 8.42 Å². The molecule has 0 unspecified atom stereocenters. The highest BCUT2D eigenvalue weighted by Crippen LogP contribution is 2.34. The van der Waals surface area contributed by atoms with Gasteiger partial charge in [-0.3, -0.25) is 15.0 Å². The Hall–Kier alpha value is -3.78. The van der Waals surface area contributed by atoms with E-state index in [-0.39, 0.29) is 4.90 Å². The molecule has 5 aromatic rings. The van der Waals surface area contributed by atoms with Gasteiger partial charge in [0.05, 0.1) is 27.8 Å². The maximum Gasteiger partial charge on any atom is 0.177 e. The molecule has 33 heavy (non-hydrogen) atoms. The van der Waals surface area contributed by atoms with Crippen LogP contribution >= 0.6 is 0 Å². The summed E-state index contributed by atoms with van der Waals surface area (Å²) in [6, 6.07) is 13.8. The molecule has 0 bridgehead atoms. The number of hydrogen-bond donors (Lipinski definition) is 1. The Kier molecular flexibility index (Phi) is 5.30. The molecule has 0 radical (unpaired) electrons. The third kappa shape index (κ3) is 4.05. The molecular weight excluding hydrogens is 434 g/mol. The first-order valence-electron chi connectivity index (χ1n) is 10.7. The minimum atomic E-state index is -3.42. The van der Waals surface area contributed by atoms with Crippen LogP contribution in [0, 0.1) is 0 Å². The van der Waals surface area contributed by atoms with E-state index in [0.29, 0.717) is 16.9 Å². The van der Waals surface area contributed by atoms with Crippen molar-refractivity contribution in [2.45, 2.75) is 24.8 Å². The Morgan fingerprint density at radius 3 is 2.67 bits per heavy atom. The lowest BCUT2D eigenvalue weighted by atomic mass is 10.0. The second-order valence-corrected chi connectivity index (χ2v) is 9.98. The topological polar surface area (TPSA) is 89.8 Å². The summed E-state index contributed by atoms with van der Waals surface area (Å²) in [6.45, 7) is 3.11. The summed E-state index contributed by atoms with van der Waals surface area (Å²) < 4.78 is 26.7. The summed E-state index contributed by atoms with van der Waals surface area (Å²) in [4.78, 5) is 13.4. The fraction of sp³-hybridized carbons (Fsp3) is 0.160. The van der Waals surface area contributed by atoms with E-state index in [0.717, 1.165) is 35.1 Å². The van der Waals surface area contributed by atoms with Gasteiger partial charge in [-0.1, -0.05) is 19.1 Å². The van der Waals surface area contributed by atoms with Crippen molar-refractivity contribution in [3.05, 3.63) is 73.4 Å². The first-order chi connectivity index (χ1) is 15.9. The molecule has 166 valence electrons. The number of aromatic nitrogens is 4. The first-order valence-corrected chi connectivity index (χ1v) is 12.6. The standard InChI is InChI=1S/C25H23N5O2S/c1-3-11-30-12-7-17-4-5-18(13-23(17)30)20-14-19(15-21-25(20)28-10-9-27-21)29-22-16-26-8-6-24(22)33(2,31)32/h4-10,12-16,29H,3,11H2,1-2H3. The average Bonchev–Trinajstić information content (AvgIpc) is 3.20. The Morgan fingerprint density at radius 1 is 1.00 bits per heavy atom. The van der Waals surface area contributed by atoms with Gasteiger partial charge in [-0.2, -0.15) is 0 Å². The van der Waals surface area contributed by atoms with Gasteiger partial charge in [-0.05, 0) is 47.7 Å². The minimum absolute atomic E-state index is 0.192. The molecule has 3 heterocycles. The van der Waals surface area contributed by atoms with Crippen molar-refractivity contribution in [1.29, 1.82) is 0 Å². The van der Waals surface area contributed by atoms with Crippen molar-refractivity contribution in [3.63, 3.8) is 0 Å². The zero-order chi connectivity index (χ0) is 23.0. The maximum atomic E-state index is 12.2. The van der Waals surface area contributed by atoms with Crippen LogP contribution in [0.15, 0.2) is 78.3 Å². The quantitative estimate of drug-likeness (QED) is 0.377. The fourth-order valence-electron chi connectivity index (χ4n) is 4.11. The fourth-order valence-corrected chi connectivity index (χ4v) is 4.92. The number of aryl methyl sites for hydroxylation is 1. The second kappa shape index (κ2) is 8.29. The van der Waals surface area contributed by atoms with Crippen LogP contribution in [0.25, 0.3) is 33.1 Å². The first kappa shape index (κ1) is 21.1. The van der Waals surface area contributed by atoms with Gasteiger partial charge >= 0.3 is 0 Å². The summed E-state index contributed by atoms with van der Waals surface area (Å²) in [7, 11) is -3.42. The Morgan fingerprint density at radius 2 is 1.85 bits per heavy atom. The van der Waals surface area contributed by atoms with Gasteiger partial charge in [-0.25, -0.2) is 8.42 Å². The highest BCUT2D eigenvalue weighted by atomic mass is 32.2. The highest BCUT2D eigenvalue weighted by molar-refractivity contribution is 7.90. The van der Waals surface area contributed by atoms with Crippen molar-refractivity contribution in [2.24, 2.45) is 0 Å². The predicted octanol–water partition coefficient (Wildman–Crippen LogP) is 5.20.